The largest absolute Gasteiger partial charge is 0.339 e. The molecule has 0 N–H and O–H groups in total. The molecule has 9 heteroatoms. The third-order valence-corrected chi connectivity index (χ3v) is 6.56. The molecule has 0 spiro atoms. The highest BCUT2D eigenvalue weighted by atomic mass is 79.9. The molecule has 1 atom stereocenters. The molecule has 1 fully saturated rings. The Morgan fingerprint density at radius 1 is 1.22 bits per heavy atom. The van der Waals surface area contributed by atoms with Crippen molar-refractivity contribution in [2.75, 3.05) is 4.90 Å². The Hall–Kier alpha value is -2.29. The first-order valence-corrected chi connectivity index (χ1v) is 10.2. The van der Waals surface area contributed by atoms with Crippen molar-refractivity contribution in [3.8, 4) is 11.6 Å². The maximum absolute atomic E-state index is 5.00. The van der Waals surface area contributed by atoms with Gasteiger partial charge >= 0.3 is 0 Å². The van der Waals surface area contributed by atoms with E-state index in [4.69, 9.17) is 4.98 Å². The van der Waals surface area contributed by atoms with Crippen LogP contribution in [0.2, 0.25) is 0 Å². The third-order valence-electron chi connectivity index (χ3n) is 5.98. The number of fused-ring (bicyclic) bond motifs is 3. The van der Waals surface area contributed by atoms with Crippen LogP contribution in [-0.4, -0.2) is 40.3 Å². The lowest BCUT2D eigenvalue weighted by Gasteiger charge is -2.48. The predicted molar refractivity (Wildman–Crippen MR) is 104 cm³/mol. The van der Waals surface area contributed by atoms with Crippen LogP contribution in [0.25, 0.3) is 11.6 Å². The van der Waals surface area contributed by atoms with Crippen molar-refractivity contribution in [1.82, 2.24) is 34.3 Å². The van der Waals surface area contributed by atoms with Gasteiger partial charge in [0.25, 0.3) is 0 Å². The van der Waals surface area contributed by atoms with Gasteiger partial charge in [0.15, 0.2) is 16.4 Å². The summed E-state index contributed by atoms with van der Waals surface area (Å²) in [5.41, 5.74) is 0.684. The average Bonchev–Trinajstić information content (AvgIpc) is 3.43. The molecule has 0 radical (unpaired) electrons. The summed E-state index contributed by atoms with van der Waals surface area (Å²) in [6.07, 6.45) is 13.0. The molecule has 3 aromatic heterocycles. The summed E-state index contributed by atoms with van der Waals surface area (Å²) < 4.78 is 4.57. The molecule has 0 bridgehead atoms. The van der Waals surface area contributed by atoms with Crippen LogP contribution in [0.1, 0.15) is 51.8 Å². The Morgan fingerprint density at radius 3 is 2.74 bits per heavy atom. The van der Waals surface area contributed by atoms with Gasteiger partial charge in [-0.2, -0.15) is 4.98 Å². The second-order valence-corrected chi connectivity index (χ2v) is 8.11. The monoisotopic (exact) mass is 428 g/mol. The number of anilines is 1. The maximum atomic E-state index is 5.00. The molecule has 0 amide bonds. The first-order chi connectivity index (χ1) is 13.1. The minimum absolute atomic E-state index is 0.254. The van der Waals surface area contributed by atoms with Gasteiger partial charge in [-0.3, -0.25) is 9.13 Å². The number of hydrogen-bond acceptors (Lipinski definition) is 6. The standard InChI is InChI=1S/C18H21BrN8/c1-3-18(2)15-24-22-11-26(15)13-10-21-17(25-9-8-20-16(25)19)23-14(13)27(18)12-6-4-5-7-12/h8-12H,3-7H2,1-2H3. The molecular weight excluding hydrogens is 408 g/mol. The Labute approximate surface area is 165 Å². The van der Waals surface area contributed by atoms with Crippen LogP contribution in [0.5, 0.6) is 0 Å². The molecule has 1 aliphatic carbocycles. The van der Waals surface area contributed by atoms with Crippen molar-refractivity contribution in [3.05, 3.63) is 35.5 Å². The number of rotatable bonds is 3. The van der Waals surface area contributed by atoms with Crippen molar-refractivity contribution in [3.63, 3.8) is 0 Å². The van der Waals surface area contributed by atoms with E-state index in [1.807, 2.05) is 21.5 Å². The van der Waals surface area contributed by atoms with Gasteiger partial charge in [-0.15, -0.1) is 10.2 Å². The highest BCUT2D eigenvalue weighted by Crippen LogP contribution is 2.46. The quantitative estimate of drug-likeness (QED) is 0.635. The van der Waals surface area contributed by atoms with Crippen molar-refractivity contribution in [1.29, 1.82) is 0 Å². The summed E-state index contributed by atoms with van der Waals surface area (Å²) in [7, 11) is 0. The molecular formula is C18H21BrN8. The van der Waals surface area contributed by atoms with Gasteiger partial charge in [0.2, 0.25) is 5.95 Å². The molecule has 8 nitrogen and oxygen atoms in total. The fourth-order valence-corrected chi connectivity index (χ4v) is 4.84. The van der Waals surface area contributed by atoms with E-state index >= 15 is 0 Å². The van der Waals surface area contributed by atoms with E-state index in [1.165, 1.54) is 25.7 Å². The highest BCUT2D eigenvalue weighted by molar-refractivity contribution is 9.10. The van der Waals surface area contributed by atoms with E-state index in [1.54, 1.807) is 12.5 Å². The van der Waals surface area contributed by atoms with Gasteiger partial charge < -0.3 is 4.90 Å². The van der Waals surface area contributed by atoms with Gasteiger partial charge in [0, 0.05) is 18.4 Å². The number of halogens is 1. The van der Waals surface area contributed by atoms with E-state index in [-0.39, 0.29) is 5.54 Å². The first kappa shape index (κ1) is 16.9. The summed E-state index contributed by atoms with van der Waals surface area (Å²) in [4.78, 5) is 16.3. The zero-order valence-electron chi connectivity index (χ0n) is 15.4. The number of nitrogens with zero attached hydrogens (tertiary/aromatic N) is 8. The van der Waals surface area contributed by atoms with Crippen LogP contribution in [-0.2, 0) is 5.54 Å². The smallest absolute Gasteiger partial charge is 0.237 e. The third kappa shape index (κ3) is 2.37. The topological polar surface area (TPSA) is 77.5 Å². The van der Waals surface area contributed by atoms with Gasteiger partial charge in [-0.05, 0) is 42.1 Å². The molecule has 1 saturated carbocycles. The van der Waals surface area contributed by atoms with E-state index in [2.05, 4.69) is 54.8 Å². The van der Waals surface area contributed by atoms with Crippen molar-refractivity contribution in [2.45, 2.75) is 57.5 Å². The maximum Gasteiger partial charge on any atom is 0.237 e. The van der Waals surface area contributed by atoms with E-state index in [9.17, 15) is 0 Å². The Morgan fingerprint density at radius 2 is 2.04 bits per heavy atom. The Balaban J connectivity index is 1.75. The molecule has 4 heterocycles. The van der Waals surface area contributed by atoms with Crippen molar-refractivity contribution < 1.29 is 0 Å². The molecule has 140 valence electrons. The lowest BCUT2D eigenvalue weighted by molar-refractivity contribution is 0.339. The van der Waals surface area contributed by atoms with Gasteiger partial charge in [-0.1, -0.05) is 19.8 Å². The Kier molecular flexibility index (Phi) is 3.82. The summed E-state index contributed by atoms with van der Waals surface area (Å²) in [6, 6.07) is 0.452. The molecule has 27 heavy (non-hydrogen) atoms. The molecule has 1 unspecified atom stereocenters. The van der Waals surface area contributed by atoms with Crippen LogP contribution in [0.3, 0.4) is 0 Å². The van der Waals surface area contributed by atoms with Crippen LogP contribution >= 0.6 is 15.9 Å². The molecule has 3 aromatic rings. The molecule has 5 rings (SSSR count). The zero-order valence-corrected chi connectivity index (χ0v) is 17.0. The van der Waals surface area contributed by atoms with Crippen LogP contribution in [0, 0.1) is 0 Å². The minimum atomic E-state index is -0.254. The number of imidazole rings is 1. The lowest BCUT2D eigenvalue weighted by Crippen LogP contribution is -2.53. The molecule has 1 aliphatic heterocycles. The van der Waals surface area contributed by atoms with Gasteiger partial charge in [0.1, 0.15) is 12.0 Å². The van der Waals surface area contributed by atoms with Crippen molar-refractivity contribution >= 4 is 21.7 Å². The number of aromatic nitrogens is 7. The summed E-state index contributed by atoms with van der Waals surface area (Å²) in [5.74, 6) is 2.52. The van der Waals surface area contributed by atoms with Crippen molar-refractivity contribution in [2.24, 2.45) is 0 Å². The molecule has 2 aliphatic rings. The van der Waals surface area contributed by atoms with Crippen LogP contribution < -0.4 is 4.90 Å². The second kappa shape index (κ2) is 6.12. The SMILES string of the molecule is CCC1(C)c2nncn2-c2cnc(-n3ccnc3Br)nc2N1C1CCCC1. The van der Waals surface area contributed by atoms with Gasteiger partial charge in [-0.25, -0.2) is 9.97 Å². The van der Waals surface area contributed by atoms with E-state index in [0.29, 0.717) is 16.7 Å². The zero-order chi connectivity index (χ0) is 18.6. The summed E-state index contributed by atoms with van der Waals surface area (Å²) in [5, 5.41) is 8.68. The summed E-state index contributed by atoms with van der Waals surface area (Å²) >= 11 is 3.47. The first-order valence-electron chi connectivity index (χ1n) is 9.40. The van der Waals surface area contributed by atoms with E-state index in [0.717, 1.165) is 23.8 Å². The van der Waals surface area contributed by atoms with E-state index < -0.39 is 0 Å². The summed E-state index contributed by atoms with van der Waals surface area (Å²) in [6.45, 7) is 4.46. The minimum Gasteiger partial charge on any atom is -0.339 e. The normalized spacial score (nSPS) is 22.1. The van der Waals surface area contributed by atoms with Gasteiger partial charge in [0.05, 0.1) is 11.7 Å². The fourth-order valence-electron chi connectivity index (χ4n) is 4.44. The second-order valence-electron chi connectivity index (χ2n) is 7.41. The predicted octanol–water partition coefficient (Wildman–Crippen LogP) is 3.39. The Bertz CT molecular complexity index is 989. The average molecular weight is 429 g/mol. The number of hydrogen-bond donors (Lipinski definition) is 0. The van der Waals surface area contributed by atoms with Crippen LogP contribution in [0.4, 0.5) is 5.82 Å². The molecule has 0 aromatic carbocycles. The fraction of sp³-hybridized carbons (Fsp3) is 0.500. The van der Waals surface area contributed by atoms with Crippen LogP contribution in [0.15, 0.2) is 29.7 Å². The lowest BCUT2D eigenvalue weighted by atomic mass is 9.90. The highest BCUT2D eigenvalue weighted by Gasteiger charge is 2.46. The molecule has 0 saturated heterocycles.